The lowest BCUT2D eigenvalue weighted by molar-refractivity contribution is -0.113. The van der Waals surface area contributed by atoms with E-state index >= 15 is 0 Å². The van der Waals surface area contributed by atoms with Gasteiger partial charge in [0.05, 0.1) is 11.6 Å². The number of amides is 3. The topological polar surface area (TPSA) is 81.7 Å². The summed E-state index contributed by atoms with van der Waals surface area (Å²) in [4.78, 5) is 26.7. The van der Waals surface area contributed by atoms with Crippen molar-refractivity contribution in [3.8, 4) is 5.75 Å². The molecule has 3 N–H and O–H groups in total. The van der Waals surface area contributed by atoms with Crippen LogP contribution in [0.25, 0.3) is 0 Å². The molecule has 6 nitrogen and oxygen atoms in total. The van der Waals surface area contributed by atoms with Crippen LogP contribution in [0.3, 0.4) is 0 Å². The molecule has 0 unspecified atom stereocenters. The van der Waals surface area contributed by atoms with E-state index in [0.717, 1.165) is 5.56 Å². The predicted molar refractivity (Wildman–Crippen MR) is 99.7 cm³/mol. The van der Waals surface area contributed by atoms with Crippen molar-refractivity contribution in [2.75, 3.05) is 12.4 Å². The van der Waals surface area contributed by atoms with E-state index in [2.05, 4.69) is 10.6 Å². The van der Waals surface area contributed by atoms with E-state index < -0.39 is 6.04 Å². The first-order valence-electron chi connectivity index (χ1n) is 8.30. The normalized spacial score (nSPS) is 17.1. The van der Waals surface area contributed by atoms with E-state index in [1.165, 1.54) is 11.0 Å². The maximum absolute atomic E-state index is 13.0. The average Bonchev–Trinajstić information content (AvgIpc) is 2.61. The summed E-state index contributed by atoms with van der Waals surface area (Å²) < 4.78 is 0. The van der Waals surface area contributed by atoms with Crippen LogP contribution in [-0.4, -0.2) is 29.0 Å². The third kappa shape index (κ3) is 3.13. The van der Waals surface area contributed by atoms with Crippen molar-refractivity contribution < 1.29 is 14.7 Å². The largest absolute Gasteiger partial charge is 0.508 e. The van der Waals surface area contributed by atoms with E-state index in [9.17, 15) is 14.7 Å². The molecule has 134 valence electrons. The molecular formula is C20H21N3O3. The number of anilines is 1. The highest BCUT2D eigenvalue weighted by Crippen LogP contribution is 2.34. The highest BCUT2D eigenvalue weighted by atomic mass is 16.3. The minimum absolute atomic E-state index is 0.0244. The lowest BCUT2D eigenvalue weighted by atomic mass is 9.93. The van der Waals surface area contributed by atoms with Gasteiger partial charge in [-0.25, -0.2) is 4.79 Å². The monoisotopic (exact) mass is 351 g/mol. The fourth-order valence-corrected chi connectivity index (χ4v) is 3.00. The molecule has 0 radical (unpaired) electrons. The van der Waals surface area contributed by atoms with Crippen molar-refractivity contribution in [2.24, 2.45) is 0 Å². The minimum Gasteiger partial charge on any atom is -0.508 e. The zero-order valence-corrected chi connectivity index (χ0v) is 14.9. The number of nitrogens with zero attached hydrogens (tertiary/aromatic N) is 1. The third-order valence-corrected chi connectivity index (χ3v) is 4.64. The van der Waals surface area contributed by atoms with E-state index in [1.807, 2.05) is 31.2 Å². The van der Waals surface area contributed by atoms with Gasteiger partial charge in [-0.1, -0.05) is 36.4 Å². The second-order valence-electron chi connectivity index (χ2n) is 6.27. The van der Waals surface area contributed by atoms with Gasteiger partial charge in [0.15, 0.2) is 0 Å². The van der Waals surface area contributed by atoms with Gasteiger partial charge in [-0.05, 0) is 31.5 Å². The molecule has 26 heavy (non-hydrogen) atoms. The summed E-state index contributed by atoms with van der Waals surface area (Å²) >= 11 is 0. The number of carbonyl (C=O) groups is 2. The molecule has 1 atom stereocenters. The summed E-state index contributed by atoms with van der Waals surface area (Å²) in [5, 5.41) is 15.9. The molecule has 0 aliphatic carbocycles. The first-order chi connectivity index (χ1) is 12.4. The number of carbonyl (C=O) groups excluding carboxylic acids is 2. The molecule has 1 aliphatic heterocycles. The zero-order chi connectivity index (χ0) is 18.8. The summed E-state index contributed by atoms with van der Waals surface area (Å²) in [5.41, 5.74) is 3.04. The molecule has 0 bridgehead atoms. The number of phenols is 1. The van der Waals surface area contributed by atoms with Crippen LogP contribution in [0.4, 0.5) is 10.5 Å². The van der Waals surface area contributed by atoms with E-state index in [-0.39, 0.29) is 17.7 Å². The lowest BCUT2D eigenvalue weighted by Crippen LogP contribution is -2.46. The molecule has 0 fully saturated rings. The Morgan fingerprint density at radius 1 is 1.12 bits per heavy atom. The molecule has 0 saturated carbocycles. The lowest BCUT2D eigenvalue weighted by Gasteiger charge is -2.34. The fourth-order valence-electron chi connectivity index (χ4n) is 3.00. The Morgan fingerprint density at radius 2 is 1.77 bits per heavy atom. The molecule has 2 aromatic rings. The van der Waals surface area contributed by atoms with Crippen LogP contribution in [0.15, 0.2) is 59.8 Å². The van der Waals surface area contributed by atoms with Crippen molar-refractivity contribution in [1.29, 1.82) is 0 Å². The van der Waals surface area contributed by atoms with Crippen LogP contribution >= 0.6 is 0 Å². The van der Waals surface area contributed by atoms with Gasteiger partial charge in [0.2, 0.25) is 0 Å². The number of phenolic OH excluding ortho intramolecular Hbond substituents is 1. The van der Waals surface area contributed by atoms with Gasteiger partial charge in [0.1, 0.15) is 5.75 Å². The SMILES string of the molecule is CC1=C(C(=O)Nc2ccccc2C)[C@@H](c2ccccc2O)NC(=O)N1C. The van der Waals surface area contributed by atoms with Gasteiger partial charge < -0.3 is 20.6 Å². The Morgan fingerprint density at radius 3 is 2.46 bits per heavy atom. The Labute approximate surface area is 152 Å². The Hall–Kier alpha value is -3.28. The van der Waals surface area contributed by atoms with Crippen LogP contribution in [0.2, 0.25) is 0 Å². The number of hydrogen-bond acceptors (Lipinski definition) is 3. The summed E-state index contributed by atoms with van der Waals surface area (Å²) in [5.74, 6) is -0.298. The van der Waals surface area contributed by atoms with Gasteiger partial charge in [0.25, 0.3) is 5.91 Å². The Kier molecular flexibility index (Phi) is 4.67. The van der Waals surface area contributed by atoms with Crippen molar-refractivity contribution in [1.82, 2.24) is 10.2 Å². The summed E-state index contributed by atoms with van der Waals surface area (Å²) in [7, 11) is 1.60. The summed E-state index contributed by atoms with van der Waals surface area (Å²) in [6.45, 7) is 3.63. The molecule has 1 aliphatic rings. The van der Waals surface area contributed by atoms with E-state index in [0.29, 0.717) is 22.5 Å². The van der Waals surface area contributed by atoms with Crippen LogP contribution in [0.5, 0.6) is 5.75 Å². The third-order valence-electron chi connectivity index (χ3n) is 4.64. The van der Waals surface area contributed by atoms with Gasteiger partial charge >= 0.3 is 6.03 Å². The fraction of sp³-hybridized carbons (Fsp3) is 0.200. The van der Waals surface area contributed by atoms with Crippen LogP contribution in [0.1, 0.15) is 24.1 Å². The summed E-state index contributed by atoms with van der Waals surface area (Å²) in [6, 6.07) is 13.1. The number of allylic oxidation sites excluding steroid dienone is 1. The number of aromatic hydroxyl groups is 1. The molecule has 0 spiro atoms. The minimum atomic E-state index is -0.732. The molecule has 0 saturated heterocycles. The first kappa shape index (κ1) is 17.5. The first-order valence-corrected chi connectivity index (χ1v) is 8.30. The number of para-hydroxylation sites is 2. The standard InChI is InChI=1S/C20H21N3O3/c1-12-8-4-6-10-15(12)21-19(25)17-13(2)23(3)20(26)22-18(17)14-9-5-7-11-16(14)24/h4-11,18,24H,1-3H3,(H,21,25)(H,22,26)/t18-/m1/s1. The number of hydrogen-bond donors (Lipinski definition) is 3. The number of benzene rings is 2. The second kappa shape index (κ2) is 6.92. The van der Waals surface area contributed by atoms with Gasteiger partial charge in [0, 0.05) is 24.0 Å². The zero-order valence-electron chi connectivity index (χ0n) is 14.9. The highest BCUT2D eigenvalue weighted by Gasteiger charge is 2.35. The van der Waals surface area contributed by atoms with E-state index in [4.69, 9.17) is 0 Å². The molecule has 1 heterocycles. The number of nitrogens with one attached hydrogen (secondary N) is 2. The molecule has 6 heteroatoms. The van der Waals surface area contributed by atoms with Crippen LogP contribution < -0.4 is 10.6 Å². The average molecular weight is 351 g/mol. The van der Waals surface area contributed by atoms with Crippen LogP contribution in [-0.2, 0) is 4.79 Å². The van der Waals surface area contributed by atoms with Crippen LogP contribution in [0, 0.1) is 6.92 Å². The van der Waals surface area contributed by atoms with Gasteiger partial charge in [-0.3, -0.25) is 4.79 Å². The number of urea groups is 1. The predicted octanol–water partition coefficient (Wildman–Crippen LogP) is 3.31. The van der Waals surface area contributed by atoms with E-state index in [1.54, 1.807) is 32.2 Å². The molecule has 3 amide bonds. The summed E-state index contributed by atoms with van der Waals surface area (Å²) in [6.07, 6.45) is 0. The molecule has 2 aromatic carbocycles. The Balaban J connectivity index is 2.04. The molecule has 3 rings (SSSR count). The quantitative estimate of drug-likeness (QED) is 0.793. The number of aryl methyl sites for hydroxylation is 1. The van der Waals surface area contributed by atoms with Gasteiger partial charge in [-0.15, -0.1) is 0 Å². The number of rotatable bonds is 3. The Bertz CT molecular complexity index is 905. The molecule has 0 aromatic heterocycles. The smallest absolute Gasteiger partial charge is 0.322 e. The van der Waals surface area contributed by atoms with Crippen molar-refractivity contribution in [3.05, 3.63) is 70.9 Å². The highest BCUT2D eigenvalue weighted by molar-refractivity contribution is 6.07. The molecular weight excluding hydrogens is 330 g/mol. The van der Waals surface area contributed by atoms with Gasteiger partial charge in [-0.2, -0.15) is 0 Å². The van der Waals surface area contributed by atoms with Crippen molar-refractivity contribution in [2.45, 2.75) is 19.9 Å². The van der Waals surface area contributed by atoms with Crippen molar-refractivity contribution >= 4 is 17.6 Å². The second-order valence-corrected chi connectivity index (χ2v) is 6.27. The maximum atomic E-state index is 13.0. The maximum Gasteiger partial charge on any atom is 0.322 e. The van der Waals surface area contributed by atoms with Crippen molar-refractivity contribution in [3.63, 3.8) is 0 Å².